The van der Waals surface area contributed by atoms with Gasteiger partial charge in [0, 0.05) is 0 Å². The summed E-state index contributed by atoms with van der Waals surface area (Å²) in [5.74, 6) is -14.1. The Morgan fingerprint density at radius 1 is 0.699 bits per heavy atom. The number of nitrogen functional groups attached to an aromatic ring is 2. The summed E-state index contributed by atoms with van der Waals surface area (Å²) < 4.78 is 157. The predicted molar refractivity (Wildman–Crippen MR) is 360 cm³/mol. The van der Waals surface area contributed by atoms with Crippen molar-refractivity contribution >= 4 is 73.0 Å². The van der Waals surface area contributed by atoms with Gasteiger partial charge >= 0.3 is 50.3 Å². The Bertz CT molecular complexity index is 4100. The molecular formula is C65H84ClF6MgN11O17P2. The van der Waals surface area contributed by atoms with Crippen LogP contribution in [0.1, 0.15) is 96.3 Å². The fraction of sp³-hybridized carbons (Fsp3) is 0.462. The molecule has 2 saturated heterocycles. The maximum atomic E-state index is 14.1. The van der Waals surface area contributed by atoms with E-state index in [1.54, 1.807) is 76.2 Å². The summed E-state index contributed by atoms with van der Waals surface area (Å²) in [4.78, 5) is 32.6. The van der Waals surface area contributed by atoms with E-state index in [2.05, 4.69) is 50.5 Å². The summed E-state index contributed by atoms with van der Waals surface area (Å²) in [6, 6.07) is 23.9. The first-order chi connectivity index (χ1) is 47.2. The van der Waals surface area contributed by atoms with Crippen LogP contribution in [-0.2, 0) is 53.4 Å². The third-order valence-corrected chi connectivity index (χ3v) is 17.4. The standard InChI is InChI=1S/C27H34N5O8P.C20H21F5NO5P.C12H13N5O4.C4H9.CH3F.CH4.ClH.Mg/c1-17(25(35)37-15-26(2,3)4)13-41(36,40-18-8-6-5-7-9-18)38-12-20-22(33)23(34)27(14-28,39-20)21-11-10-19-24(29)30-16-31-32(19)21;1-11(19(27)29-10-20(2,3)4)26-32(28,30-12-8-6-5-7-9-12)31-18-16(24)14(22)13(21)15(23)17(18)25;13-4-12(10(20)9(19)7(3-18)21-12)8-2-1-6-11(14)15-5-16-17(6)8;1-4(2)3;1-2;;;/h5-11,16-17,20,22-23,33-34H,12-13,15H2,1-4H3,(H2,29,30,31);5-9,11H,10H2,1-4H3,(H,26,28);1-2,5,7,9-10,18-20H,3H2,(H2,14,15,16);1-3H3;1H3;1H4;1H;/q;;;-1;;;;+2/p-1/t17-,20-,22-,23-,27+,41+;11-,32-;7-,9-,10-,12+;;;;;/m101...../s1/i;;;;1D;;;. The number of aliphatic hydroxyl groups is 5. The predicted octanol–water partition coefficient (Wildman–Crippen LogP) is 5.79. The SMILES string of the molecule is C.C[C-](C)C.C[C@H](C[P@](=O)(OC[C@H]1O[C@@](C#N)(c2ccc3c(N)ncnn23)[C@H](O)[C@@H]1O)Oc1ccccc1)C(=O)OCC(C)(C)C.C[C@H](N[P@](=O)(Oc1ccccc1)Oc1c(F)c(F)c(F)c(F)c1F)C(=O)OCC(C)(C)C.N#C[C@@]1(c2ccc3c(N)ncnn23)O[C@H](CO)[C@@H](O)[C@H]1O.[2H]CF.[Cl-].[Mg+2]. The van der Waals surface area contributed by atoms with E-state index in [1.165, 1.54) is 70.9 Å². The van der Waals surface area contributed by atoms with Crippen LogP contribution in [0.2, 0.25) is 0 Å². The van der Waals surface area contributed by atoms with E-state index in [4.69, 9.17) is 45.4 Å². The average Bonchev–Trinajstić information content (AvgIpc) is 1.58. The van der Waals surface area contributed by atoms with Crippen molar-refractivity contribution in [1.82, 2.24) is 34.3 Å². The molecular weight excluding hydrogens is 1440 g/mol. The number of esters is 2. The molecule has 103 heavy (non-hydrogen) atoms. The summed E-state index contributed by atoms with van der Waals surface area (Å²) in [7, 11) is -10.0. The Hall–Kier alpha value is -7.44. The smallest absolute Gasteiger partial charge is 1.00 e. The van der Waals surface area contributed by atoms with Crippen LogP contribution >= 0.6 is 15.3 Å². The molecule has 10 N–H and O–H groups in total. The summed E-state index contributed by atoms with van der Waals surface area (Å²) in [6.07, 6.45) is -6.57. The van der Waals surface area contributed by atoms with Crippen LogP contribution in [0.25, 0.3) is 11.0 Å². The van der Waals surface area contributed by atoms with Gasteiger partial charge in [-0.1, -0.05) is 92.3 Å². The molecule has 0 saturated carbocycles. The first kappa shape index (κ1) is 89.8. The normalized spacial score (nSPS) is 21.5. The number of fused-ring (bicyclic) bond motifs is 2. The third-order valence-electron chi connectivity index (χ3n) is 13.8. The van der Waals surface area contributed by atoms with E-state index >= 15 is 0 Å². The molecule has 0 aliphatic carbocycles. The van der Waals surface area contributed by atoms with Crippen molar-refractivity contribution < 1.29 is 121 Å². The zero-order chi connectivity index (χ0) is 75.8. The molecule has 0 spiro atoms. The van der Waals surface area contributed by atoms with Crippen molar-refractivity contribution in [2.75, 3.05) is 51.2 Å². The monoisotopic (exact) mass is 1530 g/mol. The molecule has 28 nitrogen and oxygen atoms in total. The molecule has 38 heteroatoms. The molecule has 2 aliphatic rings. The zero-order valence-corrected chi connectivity index (χ0v) is 61.2. The van der Waals surface area contributed by atoms with Gasteiger partial charge in [-0.25, -0.2) is 41.3 Å². The van der Waals surface area contributed by atoms with Gasteiger partial charge in [0.1, 0.15) is 90.0 Å². The molecule has 3 aromatic carbocycles. The Labute approximate surface area is 615 Å². The minimum absolute atomic E-state index is 0. The van der Waals surface area contributed by atoms with Gasteiger partial charge in [0.05, 0.1) is 58.4 Å². The van der Waals surface area contributed by atoms with E-state index < -0.39 is 148 Å². The molecule has 562 valence electrons. The summed E-state index contributed by atoms with van der Waals surface area (Å²) in [6.45, 7) is 19.2. The summed E-state index contributed by atoms with van der Waals surface area (Å²) >= 11 is 0. The number of alkyl halides is 1. The van der Waals surface area contributed by atoms with Crippen LogP contribution in [0.4, 0.5) is 38.0 Å². The Morgan fingerprint density at radius 3 is 1.49 bits per heavy atom. The zero-order valence-electron chi connectivity index (χ0n) is 58.2. The summed E-state index contributed by atoms with van der Waals surface area (Å²) in [5, 5.41) is 81.0. The van der Waals surface area contributed by atoms with Gasteiger partial charge in [0.25, 0.3) is 0 Å². The number of nitrogens with zero attached hydrogens (tertiary/aromatic N) is 8. The Kier molecular flexibility index (Phi) is 34.0. The van der Waals surface area contributed by atoms with Crippen molar-refractivity contribution in [2.45, 2.75) is 137 Å². The third kappa shape index (κ3) is 23.0. The van der Waals surface area contributed by atoms with Crippen LogP contribution in [-0.4, -0.2) is 172 Å². The second-order valence-corrected chi connectivity index (χ2v) is 29.0. The van der Waals surface area contributed by atoms with E-state index in [0.29, 0.717) is 11.0 Å². The largest absolute Gasteiger partial charge is 2.00 e. The average molecular weight is 1530 g/mol. The fourth-order valence-electron chi connectivity index (χ4n) is 9.08. The molecule has 9 rings (SSSR count). The van der Waals surface area contributed by atoms with Crippen molar-refractivity contribution in [2.24, 2.45) is 16.7 Å². The van der Waals surface area contributed by atoms with Gasteiger partial charge in [-0.05, 0) is 66.3 Å². The van der Waals surface area contributed by atoms with Crippen molar-refractivity contribution in [3.05, 3.63) is 144 Å². The minimum Gasteiger partial charge on any atom is -1.00 e. The van der Waals surface area contributed by atoms with Crippen LogP contribution in [0.3, 0.4) is 0 Å². The molecule has 0 unspecified atom stereocenters. The minimum atomic E-state index is -4.93. The first-order valence-corrected chi connectivity index (χ1v) is 33.4. The van der Waals surface area contributed by atoms with Gasteiger partial charge in [-0.3, -0.25) is 18.5 Å². The fourth-order valence-corrected chi connectivity index (χ4v) is 12.5. The van der Waals surface area contributed by atoms with Gasteiger partial charge < -0.3 is 87.8 Å². The number of rotatable bonds is 20. The number of anilines is 2. The number of aromatic nitrogens is 6. The molecule has 12 atom stereocenters. The van der Waals surface area contributed by atoms with Gasteiger partial charge in [0.2, 0.25) is 46.0 Å². The van der Waals surface area contributed by atoms with Crippen LogP contribution in [0.5, 0.6) is 17.2 Å². The number of nitrogens with two attached hydrogens (primary N) is 2. The number of nitriles is 2. The molecule has 0 radical (unpaired) electrons. The van der Waals surface area contributed by atoms with E-state index in [0.717, 1.165) is 0 Å². The number of hydrogen-bond acceptors (Lipinski definition) is 25. The van der Waals surface area contributed by atoms with Crippen molar-refractivity contribution in [3.8, 4) is 29.4 Å². The molecule has 2 fully saturated rings. The molecule has 4 aromatic heterocycles. The maximum Gasteiger partial charge on any atom is 2.00 e. The topological polar surface area (TPSA) is 415 Å². The molecule has 0 bridgehead atoms. The molecule has 6 heterocycles. The van der Waals surface area contributed by atoms with E-state index in [-0.39, 0.29) is 102 Å². The molecule has 2 aliphatic heterocycles. The number of benzene rings is 3. The molecule has 0 amide bonds. The molecule has 7 aromatic rings. The number of hydrogen-bond donors (Lipinski definition) is 8. The van der Waals surface area contributed by atoms with Crippen LogP contribution in [0.15, 0.2) is 97.6 Å². The van der Waals surface area contributed by atoms with Gasteiger partial charge in [0.15, 0.2) is 11.6 Å². The van der Waals surface area contributed by atoms with Crippen LogP contribution < -0.4 is 42.5 Å². The quantitative estimate of drug-likeness (QED) is 0.00851. The first-order valence-electron chi connectivity index (χ1n) is 30.9. The van der Waals surface area contributed by atoms with Crippen LogP contribution in [0, 0.1) is 74.4 Å². The van der Waals surface area contributed by atoms with E-state index in [9.17, 15) is 81.1 Å². The van der Waals surface area contributed by atoms with Crippen molar-refractivity contribution in [3.63, 3.8) is 0 Å². The maximum absolute atomic E-state index is 14.1. The number of carbonyl (C=O) groups is 2. The van der Waals surface area contributed by atoms with Gasteiger partial charge in [-0.15, -0.1) is 0 Å². The summed E-state index contributed by atoms with van der Waals surface area (Å²) in [5.41, 5.74) is 8.18. The number of ether oxygens (including phenoxy) is 4. The number of aliphatic hydroxyl groups excluding tert-OH is 5. The van der Waals surface area contributed by atoms with Gasteiger partial charge in [-0.2, -0.15) is 55.4 Å². The number of nitrogens with one attached hydrogen (secondary N) is 1. The van der Waals surface area contributed by atoms with E-state index in [1.807, 2.05) is 32.9 Å². The second-order valence-electron chi connectivity index (χ2n) is 25.4. The Morgan fingerprint density at radius 2 is 1.09 bits per heavy atom. The van der Waals surface area contributed by atoms with Crippen molar-refractivity contribution in [1.29, 1.82) is 10.5 Å². The second kappa shape index (κ2) is 39.1. The number of halogens is 7. The number of carbonyl (C=O) groups excluding carboxylic acids is 2. The number of para-hydroxylation sites is 2. The Balaban J connectivity index is 0.000000519.